The summed E-state index contributed by atoms with van der Waals surface area (Å²) in [5.41, 5.74) is 2.25. The number of anilines is 1. The fourth-order valence-corrected chi connectivity index (χ4v) is 1.52. The van der Waals surface area contributed by atoms with E-state index >= 15 is 0 Å². The van der Waals surface area contributed by atoms with Crippen LogP contribution in [0.1, 0.15) is 35.7 Å². The zero-order valence-corrected chi connectivity index (χ0v) is 8.13. The maximum absolute atomic E-state index is 11.3. The van der Waals surface area contributed by atoms with Gasteiger partial charge in [-0.05, 0) is 23.6 Å². The van der Waals surface area contributed by atoms with Gasteiger partial charge >= 0.3 is 0 Å². The average molecular weight is 189 g/mol. The monoisotopic (exact) mass is 189 g/mol. The van der Waals surface area contributed by atoms with E-state index < -0.39 is 11.7 Å². The highest BCUT2D eigenvalue weighted by atomic mass is 16.2. The van der Waals surface area contributed by atoms with Crippen LogP contribution in [0.3, 0.4) is 0 Å². The number of benzene rings is 1. The lowest BCUT2D eigenvalue weighted by Gasteiger charge is -2.06. The summed E-state index contributed by atoms with van der Waals surface area (Å²) >= 11 is 0. The third-order valence-electron chi connectivity index (χ3n) is 2.41. The lowest BCUT2D eigenvalue weighted by Crippen LogP contribution is -2.12. The minimum absolute atomic E-state index is 0.396. The molecular formula is C11H11NO2. The quantitative estimate of drug-likeness (QED) is 0.686. The molecule has 1 heterocycles. The number of fused-ring (bicyclic) bond motifs is 1. The van der Waals surface area contributed by atoms with Gasteiger partial charge in [-0.25, -0.2) is 0 Å². The first kappa shape index (κ1) is 8.94. The van der Waals surface area contributed by atoms with E-state index in [0.29, 0.717) is 17.2 Å². The maximum Gasteiger partial charge on any atom is 0.296 e. The van der Waals surface area contributed by atoms with E-state index in [1.54, 1.807) is 6.07 Å². The summed E-state index contributed by atoms with van der Waals surface area (Å²) in [5, 5.41) is 2.55. The molecule has 0 atom stereocenters. The van der Waals surface area contributed by atoms with Crippen molar-refractivity contribution in [1.29, 1.82) is 0 Å². The molecule has 1 amide bonds. The van der Waals surface area contributed by atoms with Crippen LogP contribution in [0, 0.1) is 0 Å². The largest absolute Gasteiger partial charge is 0.318 e. The second-order valence-electron chi connectivity index (χ2n) is 3.74. The van der Waals surface area contributed by atoms with Crippen molar-refractivity contribution in [3.63, 3.8) is 0 Å². The van der Waals surface area contributed by atoms with Crippen LogP contribution >= 0.6 is 0 Å². The van der Waals surface area contributed by atoms with Crippen molar-refractivity contribution in [3.8, 4) is 0 Å². The molecule has 3 heteroatoms. The Hall–Kier alpha value is -1.64. The molecule has 0 unspecified atom stereocenters. The predicted octanol–water partition coefficient (Wildman–Crippen LogP) is 1.94. The number of ketones is 1. The zero-order valence-electron chi connectivity index (χ0n) is 8.13. The van der Waals surface area contributed by atoms with Gasteiger partial charge in [-0.15, -0.1) is 0 Å². The van der Waals surface area contributed by atoms with Gasteiger partial charge in [0.2, 0.25) is 0 Å². The zero-order chi connectivity index (χ0) is 10.3. The van der Waals surface area contributed by atoms with E-state index in [4.69, 9.17) is 0 Å². The molecule has 0 aliphatic carbocycles. The van der Waals surface area contributed by atoms with Crippen LogP contribution in [0.4, 0.5) is 5.69 Å². The fourth-order valence-electron chi connectivity index (χ4n) is 1.52. The number of hydrogen-bond acceptors (Lipinski definition) is 2. The molecule has 0 spiro atoms. The van der Waals surface area contributed by atoms with Crippen LogP contribution in [-0.4, -0.2) is 11.7 Å². The Labute approximate surface area is 82.1 Å². The van der Waals surface area contributed by atoms with Gasteiger partial charge in [0, 0.05) is 0 Å². The van der Waals surface area contributed by atoms with Crippen LogP contribution in [0.25, 0.3) is 0 Å². The number of carbonyl (C=O) groups is 2. The first-order valence-electron chi connectivity index (χ1n) is 4.59. The first-order valence-corrected chi connectivity index (χ1v) is 4.59. The Morgan fingerprint density at radius 1 is 1.21 bits per heavy atom. The molecule has 1 aromatic carbocycles. The molecule has 0 bridgehead atoms. The topological polar surface area (TPSA) is 46.2 Å². The van der Waals surface area contributed by atoms with Gasteiger partial charge in [0.25, 0.3) is 11.7 Å². The highest BCUT2D eigenvalue weighted by molar-refractivity contribution is 6.51. The Kier molecular flexibility index (Phi) is 1.88. The normalized spacial score (nSPS) is 14.5. The molecule has 0 aromatic heterocycles. The summed E-state index contributed by atoms with van der Waals surface area (Å²) < 4.78 is 0. The van der Waals surface area contributed by atoms with E-state index in [9.17, 15) is 9.59 Å². The molecule has 3 nitrogen and oxygen atoms in total. The molecule has 1 aliphatic rings. The number of Topliss-reactive ketones (excluding diaryl/α,β-unsaturated/α-hetero) is 1. The molecule has 0 fully saturated rings. The molecule has 0 radical (unpaired) electrons. The smallest absolute Gasteiger partial charge is 0.296 e. The van der Waals surface area contributed by atoms with Gasteiger partial charge in [-0.3, -0.25) is 9.59 Å². The van der Waals surface area contributed by atoms with E-state index in [2.05, 4.69) is 19.2 Å². The van der Waals surface area contributed by atoms with Gasteiger partial charge in [-0.1, -0.05) is 19.9 Å². The van der Waals surface area contributed by atoms with Crippen LogP contribution in [0.2, 0.25) is 0 Å². The minimum Gasteiger partial charge on any atom is -0.318 e. The first-order chi connectivity index (χ1) is 6.59. The van der Waals surface area contributed by atoms with E-state index in [1.165, 1.54) is 0 Å². The third kappa shape index (κ3) is 1.21. The number of rotatable bonds is 1. The van der Waals surface area contributed by atoms with E-state index in [-0.39, 0.29) is 0 Å². The van der Waals surface area contributed by atoms with Gasteiger partial charge in [0.05, 0.1) is 11.3 Å². The molecule has 1 aliphatic heterocycles. The van der Waals surface area contributed by atoms with Gasteiger partial charge in [0.15, 0.2) is 0 Å². The molecule has 14 heavy (non-hydrogen) atoms. The lowest BCUT2D eigenvalue weighted by molar-refractivity contribution is -0.112. The van der Waals surface area contributed by atoms with Crippen molar-refractivity contribution < 1.29 is 9.59 Å². The molecule has 0 saturated carbocycles. The summed E-state index contributed by atoms with van der Waals surface area (Å²) in [6.45, 7) is 4.14. The summed E-state index contributed by atoms with van der Waals surface area (Å²) in [6.07, 6.45) is 0. The SMILES string of the molecule is CC(C)c1ccc2c(c1)NC(=O)C2=O. The van der Waals surface area contributed by atoms with Crippen molar-refractivity contribution >= 4 is 17.4 Å². The van der Waals surface area contributed by atoms with Crippen molar-refractivity contribution in [2.24, 2.45) is 0 Å². The number of amides is 1. The molecule has 0 saturated heterocycles. The minimum atomic E-state index is -0.527. The van der Waals surface area contributed by atoms with Crippen molar-refractivity contribution in [2.45, 2.75) is 19.8 Å². The van der Waals surface area contributed by atoms with Crippen LogP contribution < -0.4 is 5.32 Å². The molecule has 1 N–H and O–H groups in total. The highest BCUT2D eigenvalue weighted by Crippen LogP contribution is 2.27. The predicted molar refractivity (Wildman–Crippen MR) is 53.5 cm³/mol. The van der Waals surface area contributed by atoms with Gasteiger partial charge in [0.1, 0.15) is 0 Å². The van der Waals surface area contributed by atoms with Gasteiger partial charge in [-0.2, -0.15) is 0 Å². The van der Waals surface area contributed by atoms with E-state index in [1.807, 2.05) is 12.1 Å². The molecule has 72 valence electrons. The Morgan fingerprint density at radius 3 is 2.57 bits per heavy atom. The van der Waals surface area contributed by atoms with Crippen LogP contribution in [-0.2, 0) is 4.79 Å². The Balaban J connectivity index is 2.49. The van der Waals surface area contributed by atoms with Crippen LogP contribution in [0.15, 0.2) is 18.2 Å². The summed E-state index contributed by atoms with van der Waals surface area (Å²) in [6, 6.07) is 5.47. The van der Waals surface area contributed by atoms with Crippen molar-refractivity contribution in [1.82, 2.24) is 0 Å². The third-order valence-corrected chi connectivity index (χ3v) is 2.41. The summed E-state index contributed by atoms with van der Waals surface area (Å²) in [7, 11) is 0. The highest BCUT2D eigenvalue weighted by Gasteiger charge is 2.27. The van der Waals surface area contributed by atoms with Crippen molar-refractivity contribution in [2.75, 3.05) is 5.32 Å². The summed E-state index contributed by atoms with van der Waals surface area (Å²) in [4.78, 5) is 22.3. The van der Waals surface area contributed by atoms with Gasteiger partial charge < -0.3 is 5.32 Å². The number of carbonyl (C=O) groups excluding carboxylic acids is 2. The van der Waals surface area contributed by atoms with E-state index in [0.717, 1.165) is 5.56 Å². The average Bonchev–Trinajstić information content (AvgIpc) is 2.42. The standard InChI is InChI=1S/C11H11NO2/c1-6(2)7-3-4-8-9(5-7)12-11(14)10(8)13/h3-6H,1-2H3,(H,12,13,14). The molecule has 1 aromatic rings. The summed E-state index contributed by atoms with van der Waals surface area (Å²) in [5.74, 6) is -0.566. The Morgan fingerprint density at radius 2 is 1.93 bits per heavy atom. The van der Waals surface area contributed by atoms with Crippen LogP contribution in [0.5, 0.6) is 0 Å². The lowest BCUT2D eigenvalue weighted by atomic mass is 10.0. The van der Waals surface area contributed by atoms with Crippen molar-refractivity contribution in [3.05, 3.63) is 29.3 Å². The number of hydrogen-bond donors (Lipinski definition) is 1. The maximum atomic E-state index is 11.3. The second-order valence-corrected chi connectivity index (χ2v) is 3.74. The fraction of sp³-hybridized carbons (Fsp3) is 0.273. The Bertz CT molecular complexity index is 421. The second kappa shape index (κ2) is 2.94. The molecular weight excluding hydrogens is 178 g/mol. The molecule has 2 rings (SSSR count). The number of nitrogens with one attached hydrogen (secondary N) is 1.